The Labute approximate surface area is 303 Å². The quantitative estimate of drug-likeness (QED) is 0.253. The van der Waals surface area contributed by atoms with Crippen LogP contribution in [0.5, 0.6) is 0 Å². The molecule has 0 radical (unpaired) electrons. The molecule has 2 amide bonds. The number of aromatic amines is 1. The van der Waals surface area contributed by atoms with Crippen LogP contribution in [0.4, 0.5) is 28.9 Å². The third-order valence-electron chi connectivity index (χ3n) is 10.0. The van der Waals surface area contributed by atoms with Crippen molar-refractivity contribution in [3.63, 3.8) is 0 Å². The van der Waals surface area contributed by atoms with Crippen molar-refractivity contribution in [2.24, 2.45) is 0 Å². The molecule has 4 aromatic rings. The van der Waals surface area contributed by atoms with Crippen LogP contribution in [0, 0.1) is 5.82 Å². The van der Waals surface area contributed by atoms with Gasteiger partial charge in [-0.3, -0.25) is 19.2 Å². The monoisotopic (exact) mass is 761 g/mol. The highest BCUT2D eigenvalue weighted by atomic mass is 35.5. The van der Waals surface area contributed by atoms with Gasteiger partial charge in [0.15, 0.2) is 5.82 Å². The number of carbonyl (C=O) groups excluding carboxylic acids is 2. The van der Waals surface area contributed by atoms with Crippen LogP contribution < -0.4 is 21.3 Å². The number of ether oxygens (including phenoxy) is 1. The van der Waals surface area contributed by atoms with E-state index in [9.17, 15) is 36.7 Å². The SMILES string of the molecule is CCc1c(N2CCN(C(=O)c3c[nH]n(C4CCC4)c3=O)[C@H](C)C2)c(=O)n2nc(C3=CCOCC3)nc2n1CC(=O)Nc1cc(F)c(C(F)(F)F)cc1Cl. The molecule has 2 N–H and O–H groups in total. The standard InChI is InChI=1S/C34H36ClF4N9O5/c1-3-26-28(44-9-10-45(18(2)16-44)30(50)21-15-40-47(31(21)51)20-5-4-6-20)32(52)48-33(42-29(43-48)19-7-11-53-12-8-19)46(26)17-27(49)41-25-14-24(36)22(13-23(25)35)34(37,38)39/h7,13-15,18,20,40H,3-6,8-12,16-17H2,1-2H3,(H,41,49)/t18-/m1/s1. The second kappa shape index (κ2) is 14.1. The molecule has 1 atom stereocenters. The van der Waals surface area contributed by atoms with Crippen LogP contribution in [0.25, 0.3) is 11.4 Å². The van der Waals surface area contributed by atoms with E-state index in [0.717, 1.165) is 29.4 Å². The van der Waals surface area contributed by atoms with Gasteiger partial charge in [0.05, 0.1) is 41.2 Å². The molecular formula is C34H36ClF4N9O5. The summed E-state index contributed by atoms with van der Waals surface area (Å²) in [5, 5.41) is 9.33. The van der Waals surface area contributed by atoms with Crippen molar-refractivity contribution >= 4 is 46.1 Å². The van der Waals surface area contributed by atoms with Gasteiger partial charge in [-0.1, -0.05) is 24.6 Å². The van der Waals surface area contributed by atoms with E-state index in [1.807, 2.05) is 11.8 Å². The molecule has 1 aromatic carbocycles. The Morgan fingerprint density at radius 2 is 1.92 bits per heavy atom. The maximum atomic E-state index is 14.4. The van der Waals surface area contributed by atoms with Crippen molar-refractivity contribution in [2.45, 2.75) is 70.8 Å². The van der Waals surface area contributed by atoms with Gasteiger partial charge in [0.2, 0.25) is 11.7 Å². The van der Waals surface area contributed by atoms with Gasteiger partial charge in [-0.05, 0) is 56.7 Å². The first kappa shape index (κ1) is 36.4. The minimum absolute atomic E-state index is 0.0369. The largest absolute Gasteiger partial charge is 0.419 e. The fraction of sp³-hybridized carbons (Fsp3) is 0.471. The molecular weight excluding hydrogens is 726 g/mol. The molecule has 0 unspecified atom stereocenters. The molecule has 1 aliphatic carbocycles. The molecule has 7 rings (SSSR count). The van der Waals surface area contributed by atoms with E-state index >= 15 is 0 Å². The van der Waals surface area contributed by atoms with Gasteiger partial charge in [-0.2, -0.15) is 22.7 Å². The van der Waals surface area contributed by atoms with Crippen molar-refractivity contribution in [2.75, 3.05) is 43.1 Å². The predicted octanol–water partition coefficient (Wildman–Crippen LogP) is 4.27. The number of amides is 2. The minimum Gasteiger partial charge on any atom is -0.377 e. The number of aromatic nitrogens is 6. The summed E-state index contributed by atoms with van der Waals surface area (Å²) in [5.74, 6) is -2.52. The Balaban J connectivity index is 1.22. The number of nitrogens with zero attached hydrogens (tertiary/aromatic N) is 7. The van der Waals surface area contributed by atoms with E-state index in [-0.39, 0.29) is 66.2 Å². The lowest BCUT2D eigenvalue weighted by molar-refractivity contribution is -0.140. The van der Waals surface area contributed by atoms with Crippen LogP contribution in [-0.4, -0.2) is 84.5 Å². The number of nitrogens with one attached hydrogen (secondary N) is 2. The molecule has 5 heterocycles. The summed E-state index contributed by atoms with van der Waals surface area (Å²) >= 11 is 6.04. The van der Waals surface area contributed by atoms with E-state index in [2.05, 4.69) is 20.5 Å². The number of halogens is 5. The maximum absolute atomic E-state index is 14.4. The van der Waals surface area contributed by atoms with Gasteiger partial charge in [0, 0.05) is 31.9 Å². The summed E-state index contributed by atoms with van der Waals surface area (Å²) in [4.78, 5) is 62.6. The highest BCUT2D eigenvalue weighted by Gasteiger charge is 2.36. The molecule has 19 heteroatoms. The minimum atomic E-state index is -5.00. The van der Waals surface area contributed by atoms with E-state index < -0.39 is 52.5 Å². The number of fused-ring (bicyclic) bond motifs is 1. The van der Waals surface area contributed by atoms with Gasteiger partial charge in [0.1, 0.15) is 23.6 Å². The van der Waals surface area contributed by atoms with Gasteiger partial charge in [0.25, 0.3) is 17.0 Å². The normalized spacial score (nSPS) is 18.3. The molecule has 3 aromatic heterocycles. The molecule has 53 heavy (non-hydrogen) atoms. The molecule has 14 nitrogen and oxygen atoms in total. The Bertz CT molecular complexity index is 2250. The molecule has 0 bridgehead atoms. The van der Waals surface area contributed by atoms with E-state index in [1.54, 1.807) is 17.9 Å². The zero-order valence-electron chi connectivity index (χ0n) is 28.8. The fourth-order valence-electron chi connectivity index (χ4n) is 7.06. The smallest absolute Gasteiger partial charge is 0.377 e. The molecule has 282 valence electrons. The number of hydrogen-bond acceptors (Lipinski definition) is 8. The highest BCUT2D eigenvalue weighted by molar-refractivity contribution is 6.33. The van der Waals surface area contributed by atoms with Crippen LogP contribution in [0.2, 0.25) is 5.02 Å². The third kappa shape index (κ3) is 6.73. The summed E-state index contributed by atoms with van der Waals surface area (Å²) in [6.45, 7) is 4.45. The predicted molar refractivity (Wildman–Crippen MR) is 186 cm³/mol. The van der Waals surface area contributed by atoms with Gasteiger partial charge in [-0.25, -0.2) is 9.07 Å². The average molecular weight is 762 g/mol. The van der Waals surface area contributed by atoms with Crippen LogP contribution in [-0.2, 0) is 28.7 Å². The Kier molecular flexibility index (Phi) is 9.69. The first-order valence-electron chi connectivity index (χ1n) is 17.3. The van der Waals surface area contributed by atoms with Gasteiger partial charge in [-0.15, -0.1) is 5.10 Å². The Morgan fingerprint density at radius 3 is 2.57 bits per heavy atom. The van der Waals surface area contributed by atoms with E-state index in [0.29, 0.717) is 37.5 Å². The van der Waals surface area contributed by atoms with Crippen LogP contribution in [0.3, 0.4) is 0 Å². The van der Waals surface area contributed by atoms with Crippen LogP contribution in [0.15, 0.2) is 34.0 Å². The molecule has 2 fully saturated rings. The van der Waals surface area contributed by atoms with Crippen molar-refractivity contribution < 1.29 is 31.9 Å². The highest BCUT2D eigenvalue weighted by Crippen LogP contribution is 2.36. The zero-order valence-corrected chi connectivity index (χ0v) is 29.6. The average Bonchev–Trinajstić information content (AvgIpc) is 3.71. The van der Waals surface area contributed by atoms with Crippen molar-refractivity contribution in [1.82, 2.24) is 33.8 Å². The summed E-state index contributed by atoms with van der Waals surface area (Å²) in [5.41, 5.74) is -1.40. The molecule has 3 aliphatic rings. The second-order valence-electron chi connectivity index (χ2n) is 13.3. The number of piperazine rings is 1. The van der Waals surface area contributed by atoms with Crippen molar-refractivity contribution in [3.05, 3.63) is 78.6 Å². The molecule has 2 aliphatic heterocycles. The first-order chi connectivity index (χ1) is 25.3. The van der Waals surface area contributed by atoms with Gasteiger partial charge >= 0.3 is 6.18 Å². The molecule has 1 saturated heterocycles. The summed E-state index contributed by atoms with van der Waals surface area (Å²) in [6, 6.07) is 0.520. The van der Waals surface area contributed by atoms with Crippen LogP contribution >= 0.6 is 11.6 Å². The number of hydrogen-bond donors (Lipinski definition) is 2. The number of H-pyrrole nitrogens is 1. The number of rotatable bonds is 8. The fourth-order valence-corrected chi connectivity index (χ4v) is 7.27. The summed E-state index contributed by atoms with van der Waals surface area (Å²) in [7, 11) is 0. The molecule has 1 saturated carbocycles. The summed E-state index contributed by atoms with van der Waals surface area (Å²) < 4.78 is 63.7. The number of carbonyl (C=O) groups is 2. The third-order valence-corrected chi connectivity index (χ3v) is 10.3. The molecule has 0 spiro atoms. The maximum Gasteiger partial charge on any atom is 0.419 e. The number of alkyl halides is 3. The summed E-state index contributed by atoms with van der Waals surface area (Å²) in [6.07, 6.45) is 1.72. The van der Waals surface area contributed by atoms with Crippen molar-refractivity contribution in [3.8, 4) is 0 Å². The topological polar surface area (TPSA) is 152 Å². The lowest BCUT2D eigenvalue weighted by Crippen LogP contribution is -2.56. The van der Waals surface area contributed by atoms with Crippen LogP contribution in [0.1, 0.15) is 73.0 Å². The van der Waals surface area contributed by atoms with E-state index in [1.165, 1.54) is 15.4 Å². The van der Waals surface area contributed by atoms with Gasteiger partial charge < -0.3 is 29.5 Å². The number of anilines is 2. The van der Waals surface area contributed by atoms with Crippen molar-refractivity contribution in [1.29, 1.82) is 0 Å². The zero-order chi connectivity index (χ0) is 37.8. The second-order valence-corrected chi connectivity index (χ2v) is 13.7. The Morgan fingerprint density at radius 1 is 1.15 bits per heavy atom. The Hall–Kier alpha value is -4.97. The van der Waals surface area contributed by atoms with E-state index in [4.69, 9.17) is 16.3 Å². The first-order valence-corrected chi connectivity index (χ1v) is 17.7. The number of benzene rings is 1. The lowest BCUT2D eigenvalue weighted by Gasteiger charge is -2.41. The lowest BCUT2D eigenvalue weighted by atomic mass is 9.93.